The summed E-state index contributed by atoms with van der Waals surface area (Å²) >= 11 is 12.2. The molecular formula is C21H21Cl2NO3. The second-order valence-corrected chi connectivity index (χ2v) is 7.07. The average molecular weight is 406 g/mol. The molecule has 2 aromatic rings. The van der Waals surface area contributed by atoms with Crippen molar-refractivity contribution in [2.24, 2.45) is 0 Å². The van der Waals surface area contributed by atoms with E-state index < -0.39 is 0 Å². The van der Waals surface area contributed by atoms with E-state index in [2.05, 4.69) is 12.2 Å². The quantitative estimate of drug-likeness (QED) is 0.453. The molecule has 0 radical (unpaired) electrons. The van der Waals surface area contributed by atoms with Crippen molar-refractivity contribution in [2.75, 3.05) is 25.1 Å². The Kier molecular flexibility index (Phi) is 6.78. The van der Waals surface area contributed by atoms with Crippen LogP contribution >= 0.6 is 23.2 Å². The lowest BCUT2D eigenvalue weighted by molar-refractivity contribution is -0.110. The predicted octanol–water partition coefficient (Wildman–Crippen LogP) is 5.68. The number of fused-ring (bicyclic) bond motifs is 1. The molecule has 4 nitrogen and oxygen atoms in total. The van der Waals surface area contributed by atoms with Crippen LogP contribution in [-0.2, 0) is 9.53 Å². The van der Waals surface area contributed by atoms with Gasteiger partial charge in [-0.15, -0.1) is 0 Å². The van der Waals surface area contributed by atoms with Gasteiger partial charge < -0.3 is 14.8 Å². The van der Waals surface area contributed by atoms with Gasteiger partial charge in [0.25, 0.3) is 5.91 Å². The number of hydrogen-bond acceptors (Lipinski definition) is 3. The molecule has 6 heteroatoms. The van der Waals surface area contributed by atoms with E-state index in [1.807, 2.05) is 12.1 Å². The van der Waals surface area contributed by atoms with Crippen molar-refractivity contribution in [3.63, 3.8) is 0 Å². The van der Waals surface area contributed by atoms with Gasteiger partial charge in [-0.05, 0) is 42.8 Å². The van der Waals surface area contributed by atoms with E-state index >= 15 is 0 Å². The molecule has 2 aromatic carbocycles. The van der Waals surface area contributed by atoms with Crippen molar-refractivity contribution in [1.29, 1.82) is 0 Å². The Labute approximate surface area is 169 Å². The fourth-order valence-corrected chi connectivity index (χ4v) is 3.17. The first-order chi connectivity index (χ1) is 13.1. The van der Waals surface area contributed by atoms with Crippen molar-refractivity contribution in [3.8, 4) is 5.75 Å². The molecule has 142 valence electrons. The first-order valence-corrected chi connectivity index (χ1v) is 9.67. The molecule has 0 saturated heterocycles. The summed E-state index contributed by atoms with van der Waals surface area (Å²) in [6.45, 7) is 4.03. The summed E-state index contributed by atoms with van der Waals surface area (Å²) in [4.78, 5) is 12.4. The lowest BCUT2D eigenvalue weighted by Gasteiger charge is -2.10. The molecule has 0 fully saturated rings. The molecule has 1 heterocycles. The van der Waals surface area contributed by atoms with Crippen molar-refractivity contribution >= 4 is 46.4 Å². The van der Waals surface area contributed by atoms with Crippen LogP contribution in [0, 0.1) is 0 Å². The van der Waals surface area contributed by atoms with Gasteiger partial charge in [-0.3, -0.25) is 4.79 Å². The molecule has 3 rings (SSSR count). The summed E-state index contributed by atoms with van der Waals surface area (Å²) in [5.41, 5.74) is 2.82. The van der Waals surface area contributed by atoms with Crippen molar-refractivity contribution in [1.82, 2.24) is 0 Å². The molecule has 0 saturated carbocycles. The summed E-state index contributed by atoms with van der Waals surface area (Å²) in [5.74, 6) is 0.503. The van der Waals surface area contributed by atoms with Crippen LogP contribution in [0.2, 0.25) is 10.0 Å². The van der Waals surface area contributed by atoms with E-state index in [4.69, 9.17) is 32.7 Å². The number of benzene rings is 2. The van der Waals surface area contributed by atoms with Crippen LogP contribution in [0.3, 0.4) is 0 Å². The zero-order valence-corrected chi connectivity index (χ0v) is 16.6. The number of hydrogen-bond donors (Lipinski definition) is 1. The number of rotatable bonds is 8. The number of amides is 1. The Morgan fingerprint density at radius 1 is 1.04 bits per heavy atom. The Morgan fingerprint density at radius 2 is 1.81 bits per heavy atom. The largest absolute Gasteiger partial charge is 0.493 e. The van der Waals surface area contributed by atoms with Crippen LogP contribution in [-0.4, -0.2) is 25.7 Å². The Balaban J connectivity index is 1.79. The topological polar surface area (TPSA) is 47.6 Å². The number of nitrogens with one attached hydrogen (secondary N) is 1. The smallest absolute Gasteiger partial charge is 0.256 e. The molecule has 0 unspecified atom stereocenters. The molecule has 1 N–H and O–H groups in total. The van der Waals surface area contributed by atoms with Crippen LogP contribution in [0.5, 0.6) is 5.75 Å². The highest BCUT2D eigenvalue weighted by molar-refractivity contribution is 6.37. The molecule has 1 amide bonds. The van der Waals surface area contributed by atoms with Gasteiger partial charge in [0, 0.05) is 46.4 Å². The highest BCUT2D eigenvalue weighted by Crippen LogP contribution is 2.36. The lowest BCUT2D eigenvalue weighted by Crippen LogP contribution is -2.05. The molecule has 0 aliphatic carbocycles. The maximum absolute atomic E-state index is 12.4. The fourth-order valence-electron chi connectivity index (χ4n) is 2.82. The molecule has 0 atom stereocenters. The van der Waals surface area contributed by atoms with E-state index in [1.54, 1.807) is 30.3 Å². The van der Waals surface area contributed by atoms with Gasteiger partial charge in [-0.1, -0.05) is 36.2 Å². The summed E-state index contributed by atoms with van der Waals surface area (Å²) in [7, 11) is 0. The third kappa shape index (κ3) is 5.04. The summed E-state index contributed by atoms with van der Waals surface area (Å²) in [6.07, 6.45) is 3.59. The van der Waals surface area contributed by atoms with Crippen molar-refractivity contribution in [2.45, 2.75) is 19.8 Å². The van der Waals surface area contributed by atoms with Crippen LogP contribution in [0.4, 0.5) is 5.69 Å². The second kappa shape index (κ2) is 9.27. The van der Waals surface area contributed by atoms with E-state index in [-0.39, 0.29) is 5.91 Å². The molecule has 0 spiro atoms. The highest BCUT2D eigenvalue weighted by atomic mass is 35.5. The minimum absolute atomic E-state index is 0.175. The lowest BCUT2D eigenvalue weighted by atomic mass is 10.0. The van der Waals surface area contributed by atoms with E-state index in [0.29, 0.717) is 40.3 Å². The highest BCUT2D eigenvalue weighted by Gasteiger charge is 2.24. The average Bonchev–Trinajstić information content (AvgIpc) is 2.94. The summed E-state index contributed by atoms with van der Waals surface area (Å²) in [6, 6.07) is 10.7. The SMILES string of the molecule is CCCOCCCOc1ccc(Cl)cc1/C=C1/C(=O)Nc2cc(Cl)ccc21. The minimum atomic E-state index is -0.175. The van der Waals surface area contributed by atoms with E-state index in [9.17, 15) is 4.79 Å². The molecule has 0 bridgehead atoms. The standard InChI is InChI=1S/C21H21Cl2NO3/c1-2-8-26-9-3-10-27-20-7-5-15(22)11-14(20)12-18-17-6-4-16(23)13-19(17)24-21(18)25/h4-7,11-13H,2-3,8-10H2,1H3,(H,24,25)/b18-12+. The maximum Gasteiger partial charge on any atom is 0.256 e. The second-order valence-electron chi connectivity index (χ2n) is 6.20. The van der Waals surface area contributed by atoms with Gasteiger partial charge in [-0.25, -0.2) is 0 Å². The number of carbonyl (C=O) groups excluding carboxylic acids is 1. The molecular weight excluding hydrogens is 385 g/mol. The number of anilines is 1. The van der Waals surface area contributed by atoms with E-state index in [1.165, 1.54) is 0 Å². The zero-order chi connectivity index (χ0) is 19.2. The van der Waals surface area contributed by atoms with Crippen LogP contribution in [0.25, 0.3) is 11.6 Å². The minimum Gasteiger partial charge on any atom is -0.493 e. The third-order valence-electron chi connectivity index (χ3n) is 4.08. The monoisotopic (exact) mass is 405 g/mol. The zero-order valence-electron chi connectivity index (χ0n) is 15.1. The molecule has 27 heavy (non-hydrogen) atoms. The molecule has 0 aromatic heterocycles. The van der Waals surface area contributed by atoms with Gasteiger partial charge in [0.2, 0.25) is 0 Å². The Bertz CT molecular complexity index is 865. The first kappa shape index (κ1) is 19.7. The Morgan fingerprint density at radius 3 is 2.63 bits per heavy atom. The van der Waals surface area contributed by atoms with Gasteiger partial charge in [-0.2, -0.15) is 0 Å². The normalized spacial score (nSPS) is 14.3. The molecule has 1 aliphatic rings. The van der Waals surface area contributed by atoms with Crippen LogP contribution < -0.4 is 10.1 Å². The number of halogens is 2. The van der Waals surface area contributed by atoms with Crippen molar-refractivity contribution < 1.29 is 14.3 Å². The van der Waals surface area contributed by atoms with Gasteiger partial charge in [0.1, 0.15) is 5.75 Å². The third-order valence-corrected chi connectivity index (χ3v) is 4.55. The Hall–Kier alpha value is -2.01. The van der Waals surface area contributed by atoms with Gasteiger partial charge in [0.15, 0.2) is 0 Å². The molecule has 1 aliphatic heterocycles. The van der Waals surface area contributed by atoms with Crippen molar-refractivity contribution in [3.05, 3.63) is 57.6 Å². The van der Waals surface area contributed by atoms with Crippen LogP contribution in [0.1, 0.15) is 30.9 Å². The van der Waals surface area contributed by atoms with Gasteiger partial charge >= 0.3 is 0 Å². The predicted molar refractivity (Wildman–Crippen MR) is 111 cm³/mol. The van der Waals surface area contributed by atoms with E-state index in [0.717, 1.165) is 30.6 Å². The van der Waals surface area contributed by atoms with Crippen LogP contribution in [0.15, 0.2) is 36.4 Å². The first-order valence-electron chi connectivity index (χ1n) is 8.91. The maximum atomic E-state index is 12.4. The summed E-state index contributed by atoms with van der Waals surface area (Å²) in [5, 5.41) is 3.99. The van der Waals surface area contributed by atoms with Gasteiger partial charge in [0.05, 0.1) is 12.3 Å². The summed E-state index contributed by atoms with van der Waals surface area (Å²) < 4.78 is 11.4. The number of carbonyl (C=O) groups is 1. The fraction of sp³-hybridized carbons (Fsp3) is 0.286. The number of ether oxygens (including phenoxy) is 2.